The number of hydrogen-bond donors (Lipinski definition) is 2. The molecule has 6 nitrogen and oxygen atoms in total. The van der Waals surface area contributed by atoms with E-state index in [4.69, 9.17) is 19.4 Å². The Kier molecular flexibility index (Phi) is 8.35. The fourth-order valence-corrected chi connectivity index (χ4v) is 2.32. The van der Waals surface area contributed by atoms with Gasteiger partial charge in [0.05, 0.1) is 12.3 Å². The predicted molar refractivity (Wildman–Crippen MR) is 102 cm³/mol. The summed E-state index contributed by atoms with van der Waals surface area (Å²) >= 11 is 0. The third-order valence-corrected chi connectivity index (χ3v) is 3.67. The third kappa shape index (κ3) is 7.52. The molecule has 1 atom stereocenters. The average Bonchev–Trinajstić information content (AvgIpc) is 2.68. The molecule has 0 radical (unpaired) electrons. The van der Waals surface area contributed by atoms with Gasteiger partial charge in [-0.2, -0.15) is 0 Å². The van der Waals surface area contributed by atoms with Crippen molar-refractivity contribution in [3.63, 3.8) is 0 Å². The average molecular weight is 371 g/mol. The van der Waals surface area contributed by atoms with Gasteiger partial charge in [-0.25, -0.2) is 4.79 Å². The summed E-state index contributed by atoms with van der Waals surface area (Å²) in [6.07, 6.45) is 1.03. The van der Waals surface area contributed by atoms with E-state index in [0.717, 1.165) is 16.8 Å². The van der Waals surface area contributed by atoms with Gasteiger partial charge in [-0.3, -0.25) is 10.3 Å². The van der Waals surface area contributed by atoms with Crippen LogP contribution < -0.4 is 10.2 Å². The maximum atomic E-state index is 11.1. The van der Waals surface area contributed by atoms with Crippen LogP contribution in [0.1, 0.15) is 25.0 Å². The highest BCUT2D eigenvalue weighted by molar-refractivity contribution is 5.72. The first-order chi connectivity index (χ1) is 13.1. The molecule has 0 aliphatic carbocycles. The van der Waals surface area contributed by atoms with Crippen molar-refractivity contribution in [3.8, 4) is 5.75 Å². The first-order valence-electron chi connectivity index (χ1n) is 8.77. The lowest BCUT2D eigenvalue weighted by Crippen LogP contribution is -2.26. The maximum Gasteiger partial charge on any atom is 0.333 e. The molecule has 27 heavy (non-hydrogen) atoms. The number of aliphatic carboxylic acids is 1. The van der Waals surface area contributed by atoms with E-state index in [0.29, 0.717) is 25.4 Å². The van der Waals surface area contributed by atoms with Crippen molar-refractivity contribution in [2.75, 3.05) is 6.61 Å². The van der Waals surface area contributed by atoms with Gasteiger partial charge in [0.25, 0.3) is 0 Å². The Balaban J connectivity index is 1.79. The molecule has 0 fully saturated rings. The van der Waals surface area contributed by atoms with Crippen molar-refractivity contribution in [1.29, 1.82) is 0 Å². The summed E-state index contributed by atoms with van der Waals surface area (Å²) in [7, 11) is 0. The minimum atomic E-state index is -0.961. The summed E-state index contributed by atoms with van der Waals surface area (Å²) in [5.41, 5.74) is 5.48. The van der Waals surface area contributed by atoms with Gasteiger partial charge in [-0.15, -0.1) is 0 Å². The molecule has 2 aromatic rings. The molecule has 144 valence electrons. The minimum Gasteiger partial charge on any atom is -0.479 e. The number of carbonyl (C=O) groups is 1. The molecule has 2 N–H and O–H groups in total. The van der Waals surface area contributed by atoms with Gasteiger partial charge in [0.15, 0.2) is 6.10 Å². The van der Waals surface area contributed by atoms with E-state index in [-0.39, 0.29) is 0 Å². The lowest BCUT2D eigenvalue weighted by Gasteiger charge is -2.12. The standard InChI is InChI=1S/C21H25NO5/c1-3-25-20(21(23)24)13-17-9-11-19(12-10-17)26-14-16(2)22-27-15-18-7-5-4-6-8-18/h4-12,14,20,22H,3,13,15H2,1-2H3,(H,23,24). The van der Waals surface area contributed by atoms with Crippen LogP contribution >= 0.6 is 0 Å². The normalized spacial score (nSPS) is 12.4. The van der Waals surface area contributed by atoms with Crippen LogP contribution in [0.15, 0.2) is 66.6 Å². The lowest BCUT2D eigenvalue weighted by molar-refractivity contribution is -0.149. The van der Waals surface area contributed by atoms with Crippen LogP contribution in [0.5, 0.6) is 5.75 Å². The second-order valence-corrected chi connectivity index (χ2v) is 5.93. The van der Waals surface area contributed by atoms with E-state index in [1.54, 1.807) is 25.3 Å². The Morgan fingerprint density at radius 3 is 2.44 bits per heavy atom. The maximum absolute atomic E-state index is 11.1. The Bertz CT molecular complexity index is 728. The summed E-state index contributed by atoms with van der Waals surface area (Å²) in [5.74, 6) is -0.316. The molecule has 1 unspecified atom stereocenters. The molecule has 2 rings (SSSR count). The monoisotopic (exact) mass is 371 g/mol. The summed E-state index contributed by atoms with van der Waals surface area (Å²) in [4.78, 5) is 16.5. The van der Waals surface area contributed by atoms with Crippen LogP contribution in [0.25, 0.3) is 0 Å². The van der Waals surface area contributed by atoms with Gasteiger partial charge in [0, 0.05) is 13.0 Å². The number of hydrogen-bond acceptors (Lipinski definition) is 5. The zero-order valence-electron chi connectivity index (χ0n) is 15.6. The predicted octanol–water partition coefficient (Wildman–Crippen LogP) is 3.68. The highest BCUT2D eigenvalue weighted by Crippen LogP contribution is 2.15. The van der Waals surface area contributed by atoms with E-state index < -0.39 is 12.1 Å². The van der Waals surface area contributed by atoms with E-state index in [1.165, 1.54) is 0 Å². The molecule has 2 aromatic carbocycles. The summed E-state index contributed by atoms with van der Waals surface area (Å²) in [6, 6.07) is 17.1. The number of benzene rings is 2. The Hall–Kier alpha value is -2.83. The summed E-state index contributed by atoms with van der Waals surface area (Å²) in [5, 5.41) is 9.13. The van der Waals surface area contributed by atoms with Gasteiger partial charge >= 0.3 is 5.97 Å². The SMILES string of the molecule is CCOC(Cc1ccc(OC=C(C)NOCc2ccccc2)cc1)C(=O)O. The highest BCUT2D eigenvalue weighted by atomic mass is 16.6. The smallest absolute Gasteiger partial charge is 0.333 e. The number of allylic oxidation sites excluding steroid dienone is 1. The van der Waals surface area contributed by atoms with Gasteiger partial charge in [-0.05, 0) is 37.1 Å². The van der Waals surface area contributed by atoms with Crippen molar-refractivity contribution >= 4 is 5.97 Å². The van der Waals surface area contributed by atoms with Gasteiger partial charge in [0.2, 0.25) is 0 Å². The second kappa shape index (κ2) is 11.0. The molecule has 0 aromatic heterocycles. The minimum absolute atomic E-state index is 0.313. The first-order valence-corrected chi connectivity index (χ1v) is 8.77. The molecular weight excluding hydrogens is 346 g/mol. The molecule has 0 heterocycles. The van der Waals surface area contributed by atoms with E-state index >= 15 is 0 Å². The van der Waals surface area contributed by atoms with Crippen LogP contribution in [0.3, 0.4) is 0 Å². The molecule has 0 bridgehead atoms. The topological polar surface area (TPSA) is 77.0 Å². The van der Waals surface area contributed by atoms with Crippen molar-refractivity contribution < 1.29 is 24.2 Å². The molecule has 6 heteroatoms. The largest absolute Gasteiger partial charge is 0.479 e. The molecule has 0 aliphatic heterocycles. The van der Waals surface area contributed by atoms with E-state index in [9.17, 15) is 4.79 Å². The summed E-state index contributed by atoms with van der Waals surface area (Å²) in [6.45, 7) is 4.42. The summed E-state index contributed by atoms with van der Waals surface area (Å²) < 4.78 is 10.8. The van der Waals surface area contributed by atoms with E-state index in [1.807, 2.05) is 49.4 Å². The second-order valence-electron chi connectivity index (χ2n) is 5.93. The quantitative estimate of drug-likeness (QED) is 0.463. The van der Waals surface area contributed by atoms with Gasteiger partial charge in [0.1, 0.15) is 12.0 Å². The fraction of sp³-hybridized carbons (Fsp3) is 0.286. The molecule has 0 aliphatic rings. The van der Waals surface area contributed by atoms with Crippen LogP contribution in [0, 0.1) is 0 Å². The fourth-order valence-electron chi connectivity index (χ4n) is 2.32. The number of rotatable bonds is 11. The van der Waals surface area contributed by atoms with Crippen LogP contribution in [-0.2, 0) is 27.4 Å². The molecule has 0 saturated heterocycles. The zero-order chi connectivity index (χ0) is 19.5. The van der Waals surface area contributed by atoms with Crippen molar-refractivity contribution in [3.05, 3.63) is 77.7 Å². The van der Waals surface area contributed by atoms with Gasteiger partial charge < -0.3 is 14.6 Å². The van der Waals surface area contributed by atoms with Gasteiger partial charge in [-0.1, -0.05) is 42.5 Å². The number of hydroxylamine groups is 1. The zero-order valence-corrected chi connectivity index (χ0v) is 15.6. The van der Waals surface area contributed by atoms with E-state index in [2.05, 4.69) is 5.48 Å². The Morgan fingerprint density at radius 2 is 1.81 bits per heavy atom. The molecular formula is C21H25NO5. The first kappa shape index (κ1) is 20.5. The number of carboxylic acid groups (broad SMARTS) is 1. The highest BCUT2D eigenvalue weighted by Gasteiger charge is 2.17. The van der Waals surface area contributed by atoms with Crippen LogP contribution in [0.4, 0.5) is 0 Å². The molecule has 0 saturated carbocycles. The van der Waals surface area contributed by atoms with Crippen LogP contribution in [0.2, 0.25) is 0 Å². The molecule has 0 spiro atoms. The van der Waals surface area contributed by atoms with Crippen molar-refractivity contribution in [2.45, 2.75) is 33.0 Å². The number of ether oxygens (including phenoxy) is 2. The molecule has 0 amide bonds. The Morgan fingerprint density at radius 1 is 1.11 bits per heavy atom. The number of carboxylic acids is 1. The third-order valence-electron chi connectivity index (χ3n) is 3.67. The lowest BCUT2D eigenvalue weighted by atomic mass is 10.1. The number of nitrogens with one attached hydrogen (secondary N) is 1. The van der Waals surface area contributed by atoms with Crippen molar-refractivity contribution in [1.82, 2.24) is 5.48 Å². The van der Waals surface area contributed by atoms with Crippen LogP contribution in [-0.4, -0.2) is 23.8 Å². The van der Waals surface area contributed by atoms with Crippen molar-refractivity contribution in [2.24, 2.45) is 0 Å². The Labute approximate surface area is 159 Å².